The topological polar surface area (TPSA) is 127 Å². The van der Waals surface area contributed by atoms with Crippen LogP contribution in [0.15, 0.2) is 30.5 Å². The molecule has 0 saturated carbocycles. The molecule has 1 atom stereocenters. The van der Waals surface area contributed by atoms with E-state index in [1.807, 2.05) is 24.3 Å². The van der Waals surface area contributed by atoms with E-state index in [4.69, 9.17) is 5.73 Å². The van der Waals surface area contributed by atoms with Crippen LogP contribution in [0.25, 0.3) is 0 Å². The van der Waals surface area contributed by atoms with Gasteiger partial charge in [0.05, 0.1) is 11.5 Å². The van der Waals surface area contributed by atoms with Crippen LogP contribution in [0.4, 0.5) is 17.5 Å². The zero-order valence-corrected chi connectivity index (χ0v) is 12.4. The van der Waals surface area contributed by atoms with Crippen molar-refractivity contribution in [3.63, 3.8) is 0 Å². The summed E-state index contributed by atoms with van der Waals surface area (Å²) in [7, 11) is 0. The predicted octanol–water partition coefficient (Wildman–Crippen LogP) is 1.60. The Morgan fingerprint density at radius 2 is 2.22 bits per heavy atom. The molecule has 4 N–H and O–H groups in total. The number of anilines is 2. The minimum absolute atomic E-state index is 0.157. The van der Waals surface area contributed by atoms with E-state index in [0.717, 1.165) is 30.2 Å². The molecule has 2 aromatic rings. The first-order valence-electron chi connectivity index (χ1n) is 7.31. The van der Waals surface area contributed by atoms with Crippen molar-refractivity contribution in [2.24, 2.45) is 0 Å². The van der Waals surface area contributed by atoms with Gasteiger partial charge >= 0.3 is 5.69 Å². The fraction of sp³-hybridized carbons (Fsp3) is 0.333. The molecule has 8 nitrogen and oxygen atoms in total. The first-order valence-corrected chi connectivity index (χ1v) is 7.31. The third-order valence-electron chi connectivity index (χ3n) is 4.09. The zero-order chi connectivity index (χ0) is 16.4. The molecule has 0 fully saturated rings. The number of nitrogen functional groups attached to an aromatic ring is 1. The Morgan fingerprint density at radius 1 is 1.43 bits per heavy atom. The van der Waals surface area contributed by atoms with Crippen LogP contribution in [-0.2, 0) is 12.0 Å². The molecule has 120 valence electrons. The molecule has 23 heavy (non-hydrogen) atoms. The first-order chi connectivity index (χ1) is 11.0. The molecule has 0 saturated heterocycles. The maximum Gasteiger partial charge on any atom is 0.329 e. The third kappa shape index (κ3) is 2.93. The Kier molecular flexibility index (Phi) is 3.83. The van der Waals surface area contributed by atoms with Gasteiger partial charge in [0.1, 0.15) is 11.8 Å². The second kappa shape index (κ2) is 5.81. The van der Waals surface area contributed by atoms with E-state index in [1.165, 1.54) is 0 Å². The van der Waals surface area contributed by atoms with Crippen LogP contribution in [0.1, 0.15) is 24.0 Å². The molecule has 1 aromatic carbocycles. The SMILES string of the molecule is Nc1nc(NCC2(O)CCCc3ccccc32)ncc1[N+](=O)[O-]. The van der Waals surface area contributed by atoms with Gasteiger partial charge in [0.2, 0.25) is 11.8 Å². The third-order valence-corrected chi connectivity index (χ3v) is 4.09. The van der Waals surface area contributed by atoms with Crippen LogP contribution in [0.5, 0.6) is 0 Å². The lowest BCUT2D eigenvalue weighted by Crippen LogP contribution is -2.38. The van der Waals surface area contributed by atoms with E-state index in [2.05, 4.69) is 15.3 Å². The molecule has 0 amide bonds. The van der Waals surface area contributed by atoms with E-state index in [1.54, 1.807) is 0 Å². The average Bonchev–Trinajstić information content (AvgIpc) is 2.53. The highest BCUT2D eigenvalue weighted by atomic mass is 16.6. The smallest absolute Gasteiger partial charge is 0.329 e. The quantitative estimate of drug-likeness (QED) is 0.577. The number of nitrogens with one attached hydrogen (secondary N) is 1. The number of benzene rings is 1. The predicted molar refractivity (Wildman–Crippen MR) is 84.9 cm³/mol. The van der Waals surface area contributed by atoms with Crippen LogP contribution in [-0.4, -0.2) is 26.5 Å². The number of hydrogen-bond acceptors (Lipinski definition) is 7. The van der Waals surface area contributed by atoms with Crippen LogP contribution in [0.3, 0.4) is 0 Å². The van der Waals surface area contributed by atoms with E-state index in [9.17, 15) is 15.2 Å². The minimum Gasteiger partial charge on any atom is -0.383 e. The van der Waals surface area contributed by atoms with Gasteiger partial charge in [-0.15, -0.1) is 0 Å². The summed E-state index contributed by atoms with van der Waals surface area (Å²) < 4.78 is 0. The second-order valence-corrected chi connectivity index (χ2v) is 5.62. The summed E-state index contributed by atoms with van der Waals surface area (Å²) in [5.41, 5.74) is 6.22. The highest BCUT2D eigenvalue weighted by molar-refractivity contribution is 5.53. The summed E-state index contributed by atoms with van der Waals surface area (Å²) in [6.07, 6.45) is 3.51. The van der Waals surface area contributed by atoms with E-state index in [0.29, 0.717) is 6.42 Å². The fourth-order valence-corrected chi connectivity index (χ4v) is 2.92. The number of hydrogen-bond donors (Lipinski definition) is 3. The standard InChI is InChI=1S/C15H17N5O3/c16-13-12(20(22)23)8-17-14(19-13)18-9-15(21)7-3-5-10-4-1-2-6-11(10)15/h1-2,4,6,8,21H,3,5,7,9H2,(H3,16,17,18,19). The highest BCUT2D eigenvalue weighted by Crippen LogP contribution is 2.35. The molecule has 1 heterocycles. The van der Waals surface area contributed by atoms with E-state index in [-0.39, 0.29) is 24.0 Å². The van der Waals surface area contributed by atoms with Crippen molar-refractivity contribution in [2.45, 2.75) is 24.9 Å². The molecule has 0 aliphatic heterocycles. The minimum atomic E-state index is -1.02. The fourth-order valence-electron chi connectivity index (χ4n) is 2.92. The summed E-state index contributed by atoms with van der Waals surface area (Å²) in [4.78, 5) is 17.8. The maximum atomic E-state index is 10.9. The molecule has 0 radical (unpaired) electrons. The number of nitro groups is 1. The first kappa shape index (κ1) is 15.2. The number of nitrogens with zero attached hydrogens (tertiary/aromatic N) is 3. The normalized spacial score (nSPS) is 19.9. The van der Waals surface area contributed by atoms with Gasteiger partial charge in [-0.3, -0.25) is 10.1 Å². The number of aromatic nitrogens is 2. The molecule has 8 heteroatoms. The summed E-state index contributed by atoms with van der Waals surface area (Å²) in [6.45, 7) is 0.210. The van der Waals surface area contributed by atoms with Crippen molar-refractivity contribution < 1.29 is 10.0 Å². The van der Waals surface area contributed by atoms with Gasteiger partial charge in [-0.2, -0.15) is 4.98 Å². The summed E-state index contributed by atoms with van der Waals surface area (Å²) in [5.74, 6) is -0.0480. The number of aryl methyl sites for hydroxylation is 1. The molecule has 1 aliphatic rings. The Hall–Kier alpha value is -2.74. The Labute approximate surface area is 132 Å². The summed E-state index contributed by atoms with van der Waals surface area (Å²) >= 11 is 0. The summed E-state index contributed by atoms with van der Waals surface area (Å²) in [6, 6.07) is 7.79. The highest BCUT2D eigenvalue weighted by Gasteiger charge is 2.34. The van der Waals surface area contributed by atoms with Gasteiger partial charge in [0.25, 0.3) is 0 Å². The number of rotatable bonds is 4. The molecule has 1 aromatic heterocycles. The molecular weight excluding hydrogens is 298 g/mol. The number of nitrogens with two attached hydrogens (primary N) is 1. The number of aliphatic hydroxyl groups is 1. The molecular formula is C15H17N5O3. The van der Waals surface area contributed by atoms with Crippen LogP contribution >= 0.6 is 0 Å². The Morgan fingerprint density at radius 3 is 2.96 bits per heavy atom. The zero-order valence-electron chi connectivity index (χ0n) is 12.4. The second-order valence-electron chi connectivity index (χ2n) is 5.62. The van der Waals surface area contributed by atoms with E-state index < -0.39 is 10.5 Å². The maximum absolute atomic E-state index is 10.9. The van der Waals surface area contributed by atoms with Crippen molar-refractivity contribution >= 4 is 17.5 Å². The van der Waals surface area contributed by atoms with Gasteiger partial charge < -0.3 is 16.2 Å². The van der Waals surface area contributed by atoms with Gasteiger partial charge in [0, 0.05) is 0 Å². The lowest BCUT2D eigenvalue weighted by atomic mass is 9.79. The van der Waals surface area contributed by atoms with Crippen molar-refractivity contribution in [1.29, 1.82) is 0 Å². The average molecular weight is 315 g/mol. The summed E-state index contributed by atoms with van der Waals surface area (Å²) in [5, 5.41) is 24.6. The van der Waals surface area contributed by atoms with Gasteiger partial charge in [-0.1, -0.05) is 24.3 Å². The molecule has 1 aliphatic carbocycles. The van der Waals surface area contributed by atoms with Crippen molar-refractivity contribution in [1.82, 2.24) is 9.97 Å². The monoisotopic (exact) mass is 315 g/mol. The lowest BCUT2D eigenvalue weighted by molar-refractivity contribution is -0.384. The van der Waals surface area contributed by atoms with Crippen molar-refractivity contribution in [2.75, 3.05) is 17.6 Å². The van der Waals surface area contributed by atoms with Crippen LogP contribution < -0.4 is 11.1 Å². The van der Waals surface area contributed by atoms with Gasteiger partial charge in [-0.25, -0.2) is 4.98 Å². The molecule has 0 spiro atoms. The molecule has 3 rings (SSSR count). The van der Waals surface area contributed by atoms with Crippen LogP contribution in [0, 0.1) is 10.1 Å². The largest absolute Gasteiger partial charge is 0.383 e. The Balaban J connectivity index is 1.78. The van der Waals surface area contributed by atoms with Gasteiger partial charge in [0.15, 0.2) is 0 Å². The van der Waals surface area contributed by atoms with E-state index >= 15 is 0 Å². The number of fused-ring (bicyclic) bond motifs is 1. The molecule has 1 unspecified atom stereocenters. The van der Waals surface area contributed by atoms with Crippen LogP contribution in [0.2, 0.25) is 0 Å². The van der Waals surface area contributed by atoms with Crippen molar-refractivity contribution in [3.05, 3.63) is 51.7 Å². The lowest BCUT2D eigenvalue weighted by Gasteiger charge is -2.34. The Bertz CT molecular complexity index is 752. The molecule has 0 bridgehead atoms. The van der Waals surface area contributed by atoms with Gasteiger partial charge in [-0.05, 0) is 30.4 Å². The van der Waals surface area contributed by atoms with Crippen molar-refractivity contribution in [3.8, 4) is 0 Å².